The maximum atomic E-state index is 14.3. The number of aliphatic hydroxyl groups excluding tert-OH is 2. The molecule has 4 aliphatic carbocycles. The maximum Gasteiger partial charge on any atom is 0.414 e. The van der Waals surface area contributed by atoms with Crippen LogP contribution in [0.1, 0.15) is 34.1 Å². The molecule has 2 saturated carbocycles. The zero-order chi connectivity index (χ0) is 25.5. The van der Waals surface area contributed by atoms with Gasteiger partial charge in [-0.05, 0) is 59.8 Å². The molecule has 0 aromatic heterocycles. The summed E-state index contributed by atoms with van der Waals surface area (Å²) in [6.45, 7) is 7.47. The molecule has 5 rings (SSSR count). The van der Waals surface area contributed by atoms with Gasteiger partial charge >= 0.3 is 6.09 Å². The van der Waals surface area contributed by atoms with Gasteiger partial charge in [-0.1, -0.05) is 51.1 Å². The molecule has 0 radical (unpaired) electrons. The highest BCUT2D eigenvalue weighted by Crippen LogP contribution is 2.71. The number of allylic oxidation sites excluding steroid dienone is 1. The summed E-state index contributed by atoms with van der Waals surface area (Å²) in [7, 11) is 1.57. The largest absolute Gasteiger partial charge is 0.438 e. The van der Waals surface area contributed by atoms with Crippen molar-refractivity contribution in [2.75, 3.05) is 18.6 Å². The highest BCUT2D eigenvalue weighted by Gasteiger charge is 2.76. The first kappa shape index (κ1) is 24.2. The van der Waals surface area contributed by atoms with Crippen LogP contribution < -0.4 is 4.90 Å². The van der Waals surface area contributed by atoms with E-state index >= 15 is 0 Å². The monoisotopic (exact) mass is 481 g/mol. The van der Waals surface area contributed by atoms with E-state index in [1.807, 2.05) is 13.0 Å². The number of ketones is 1. The van der Waals surface area contributed by atoms with E-state index in [1.165, 1.54) is 4.90 Å². The summed E-state index contributed by atoms with van der Waals surface area (Å²) in [4.78, 5) is 28.9. The molecule has 8 atom stereocenters. The molecule has 2 bridgehead atoms. The van der Waals surface area contributed by atoms with Crippen LogP contribution >= 0.6 is 0 Å². The van der Waals surface area contributed by atoms with Gasteiger partial charge in [-0.3, -0.25) is 9.69 Å². The van der Waals surface area contributed by atoms with E-state index in [1.54, 1.807) is 50.4 Å². The molecule has 188 valence electrons. The number of Topliss-reactive ketones (excluding diaryl/α,β-unsaturated/α-hetero) is 1. The quantitative estimate of drug-likeness (QED) is 0.573. The minimum absolute atomic E-state index is 0.0394. The predicted molar refractivity (Wildman–Crippen MR) is 130 cm³/mol. The number of amides is 1. The Morgan fingerprint density at radius 3 is 2.51 bits per heavy atom. The van der Waals surface area contributed by atoms with E-state index in [9.17, 15) is 24.9 Å². The Morgan fingerprint density at radius 2 is 1.89 bits per heavy atom. The third kappa shape index (κ3) is 3.01. The molecule has 0 aliphatic heterocycles. The standard InChI is InChI=1S/C28H35NO6/c1-15-13-27-16(2)11-20-21(26(20,3)4)19(23(27)32)12-17(14-30)22(31)28(27,34)24(15)35-25(33)29(5)18-9-7-6-8-10-18/h6-10,12-13,16,19-22,24,30-31,34H,11,14H2,1-5H3/t16-,19+,20-,21+,22-,24?,27+,28+/m1/s1. The molecule has 1 spiro atoms. The van der Waals surface area contributed by atoms with E-state index < -0.39 is 41.8 Å². The third-order valence-corrected chi connectivity index (χ3v) is 9.53. The van der Waals surface area contributed by atoms with E-state index in [0.29, 0.717) is 23.6 Å². The van der Waals surface area contributed by atoms with Crippen molar-refractivity contribution < 1.29 is 29.6 Å². The molecular weight excluding hydrogens is 446 g/mol. The molecule has 3 N–H and O–H groups in total. The van der Waals surface area contributed by atoms with Crippen LogP contribution in [0.3, 0.4) is 0 Å². The topological polar surface area (TPSA) is 107 Å². The number of ether oxygens (including phenoxy) is 1. The zero-order valence-electron chi connectivity index (χ0n) is 20.9. The number of para-hydroxylation sites is 1. The van der Waals surface area contributed by atoms with Crippen LogP contribution in [0.15, 0.2) is 53.6 Å². The van der Waals surface area contributed by atoms with Gasteiger partial charge in [-0.15, -0.1) is 0 Å². The lowest BCUT2D eigenvalue weighted by atomic mass is 9.59. The van der Waals surface area contributed by atoms with Crippen LogP contribution in [0.25, 0.3) is 0 Å². The van der Waals surface area contributed by atoms with E-state index in [-0.39, 0.29) is 28.6 Å². The molecule has 0 heterocycles. The molecule has 35 heavy (non-hydrogen) atoms. The molecule has 7 heteroatoms. The Hall–Kier alpha value is -2.48. The van der Waals surface area contributed by atoms with Crippen LogP contribution in [0, 0.1) is 34.5 Å². The number of nitrogens with zero attached hydrogens (tertiary/aromatic N) is 1. The summed E-state index contributed by atoms with van der Waals surface area (Å²) < 4.78 is 5.88. The first-order chi connectivity index (χ1) is 16.4. The number of carbonyl (C=O) groups excluding carboxylic acids is 2. The number of benzene rings is 1. The smallest absolute Gasteiger partial charge is 0.414 e. The Balaban J connectivity index is 1.60. The van der Waals surface area contributed by atoms with Crippen molar-refractivity contribution in [1.82, 2.24) is 0 Å². The number of aliphatic hydroxyl groups is 3. The Bertz CT molecular complexity index is 1130. The van der Waals surface area contributed by atoms with Crippen molar-refractivity contribution in [3.63, 3.8) is 0 Å². The van der Waals surface area contributed by atoms with Gasteiger partial charge in [0.1, 0.15) is 6.10 Å². The van der Waals surface area contributed by atoms with Crippen LogP contribution in [-0.2, 0) is 9.53 Å². The minimum Gasteiger partial charge on any atom is -0.438 e. The molecule has 2 fully saturated rings. The lowest BCUT2D eigenvalue weighted by molar-refractivity contribution is -0.189. The van der Waals surface area contributed by atoms with Gasteiger partial charge < -0.3 is 20.1 Å². The normalized spacial score (nSPS) is 41.0. The molecule has 7 nitrogen and oxygen atoms in total. The van der Waals surface area contributed by atoms with Crippen LogP contribution in [0.4, 0.5) is 10.5 Å². The molecule has 1 aromatic carbocycles. The van der Waals surface area contributed by atoms with E-state index in [4.69, 9.17) is 4.74 Å². The predicted octanol–water partition coefficient (Wildman–Crippen LogP) is 3.10. The van der Waals surface area contributed by atoms with Crippen molar-refractivity contribution in [1.29, 1.82) is 0 Å². The summed E-state index contributed by atoms with van der Waals surface area (Å²) in [6, 6.07) is 8.96. The fourth-order valence-corrected chi connectivity index (χ4v) is 7.53. The fraction of sp³-hybridized carbons (Fsp3) is 0.571. The van der Waals surface area contributed by atoms with Crippen molar-refractivity contribution >= 4 is 17.6 Å². The van der Waals surface area contributed by atoms with Crippen molar-refractivity contribution in [3.8, 4) is 0 Å². The second kappa shape index (κ2) is 7.76. The summed E-state index contributed by atoms with van der Waals surface area (Å²) in [5.74, 6) is -0.627. The fourth-order valence-electron chi connectivity index (χ4n) is 7.53. The van der Waals surface area contributed by atoms with Gasteiger partial charge in [-0.25, -0.2) is 4.79 Å². The molecule has 4 aliphatic rings. The lowest BCUT2D eigenvalue weighted by Crippen LogP contribution is -2.66. The minimum atomic E-state index is -2.13. The Kier molecular flexibility index (Phi) is 5.37. The van der Waals surface area contributed by atoms with Crippen molar-refractivity contribution in [2.45, 2.75) is 51.9 Å². The highest BCUT2D eigenvalue weighted by atomic mass is 16.6. The molecular formula is C28H35NO6. The van der Waals surface area contributed by atoms with Gasteiger partial charge in [-0.2, -0.15) is 0 Å². The average molecular weight is 482 g/mol. The van der Waals surface area contributed by atoms with Crippen molar-refractivity contribution in [3.05, 3.63) is 53.6 Å². The number of hydrogen-bond donors (Lipinski definition) is 3. The number of carbonyl (C=O) groups is 2. The van der Waals surface area contributed by atoms with Gasteiger partial charge in [0.2, 0.25) is 0 Å². The number of rotatable bonds is 3. The average Bonchev–Trinajstić information content (AvgIpc) is 3.32. The maximum absolute atomic E-state index is 14.3. The van der Waals surface area contributed by atoms with E-state index in [0.717, 1.165) is 0 Å². The van der Waals surface area contributed by atoms with Gasteiger partial charge in [0.15, 0.2) is 17.5 Å². The van der Waals surface area contributed by atoms with Crippen LogP contribution in [0.5, 0.6) is 0 Å². The highest BCUT2D eigenvalue weighted by molar-refractivity contribution is 5.95. The lowest BCUT2D eigenvalue weighted by Gasteiger charge is -2.48. The van der Waals surface area contributed by atoms with Crippen molar-refractivity contribution in [2.24, 2.45) is 34.5 Å². The summed E-state index contributed by atoms with van der Waals surface area (Å²) in [5.41, 5.74) is -2.28. The summed E-state index contributed by atoms with van der Waals surface area (Å²) in [6.07, 6.45) is 0.594. The van der Waals surface area contributed by atoms with Gasteiger partial charge in [0, 0.05) is 18.7 Å². The zero-order valence-corrected chi connectivity index (χ0v) is 20.9. The number of anilines is 1. The van der Waals surface area contributed by atoms with E-state index in [2.05, 4.69) is 13.8 Å². The summed E-state index contributed by atoms with van der Waals surface area (Å²) in [5, 5.41) is 34.2. The van der Waals surface area contributed by atoms with Gasteiger partial charge in [0.05, 0.1) is 12.0 Å². The molecule has 1 aromatic rings. The third-order valence-electron chi connectivity index (χ3n) is 9.53. The first-order valence-corrected chi connectivity index (χ1v) is 12.4. The first-order valence-electron chi connectivity index (χ1n) is 12.4. The van der Waals surface area contributed by atoms with Gasteiger partial charge in [0.25, 0.3) is 0 Å². The molecule has 1 unspecified atom stereocenters. The molecule has 1 amide bonds. The van der Waals surface area contributed by atoms with Crippen LogP contribution in [-0.4, -0.2) is 58.7 Å². The SMILES string of the molecule is CC1=C[C@]23C(=O)[C@@H](C=C(CO)[C@@H](O)[C@]2(O)C1OC(=O)N(C)c1ccccc1)[C@H]1[C@@H](C[C@H]3C)C1(C)C. The summed E-state index contributed by atoms with van der Waals surface area (Å²) >= 11 is 0. The Labute approximate surface area is 206 Å². The number of fused-ring (bicyclic) bond motifs is 3. The second-order valence-corrected chi connectivity index (χ2v) is 11.5. The second-order valence-electron chi connectivity index (χ2n) is 11.5. The number of hydrogen-bond acceptors (Lipinski definition) is 6. The molecule has 0 saturated heterocycles. The van der Waals surface area contributed by atoms with Crippen LogP contribution in [0.2, 0.25) is 0 Å². The Morgan fingerprint density at radius 1 is 1.23 bits per heavy atom.